The highest BCUT2D eigenvalue weighted by Crippen LogP contribution is 2.22. The minimum absolute atomic E-state index is 0.0431. The average Bonchev–Trinajstić information content (AvgIpc) is 2.48. The zero-order valence-electron chi connectivity index (χ0n) is 13.1. The van der Waals surface area contributed by atoms with Gasteiger partial charge in [-0.05, 0) is 30.5 Å². The van der Waals surface area contributed by atoms with E-state index in [9.17, 15) is 4.79 Å². The van der Waals surface area contributed by atoms with Crippen molar-refractivity contribution in [1.82, 2.24) is 0 Å². The maximum absolute atomic E-state index is 10.4. The summed E-state index contributed by atoms with van der Waals surface area (Å²) in [6, 6.07) is 6.34. The topological polar surface area (TPSA) is 37.3 Å². The summed E-state index contributed by atoms with van der Waals surface area (Å²) in [5, 5.41) is 8.53. The van der Waals surface area contributed by atoms with Crippen molar-refractivity contribution in [2.75, 3.05) is 0 Å². The Morgan fingerprint density at radius 2 is 2.00 bits per heavy atom. The third-order valence-electron chi connectivity index (χ3n) is 3.04. The van der Waals surface area contributed by atoms with Crippen LogP contribution in [0.4, 0.5) is 0 Å². The number of carboxylic acid groups (broad SMARTS) is 1. The highest BCUT2D eigenvalue weighted by molar-refractivity contribution is 5.74. The average molecular weight is 294 g/mol. The molecule has 1 aromatic rings. The van der Waals surface area contributed by atoms with Crippen molar-refractivity contribution < 1.29 is 9.90 Å². The van der Waals surface area contributed by atoms with Crippen molar-refractivity contribution in [2.45, 2.75) is 20.3 Å². The van der Waals surface area contributed by atoms with Crippen LogP contribution in [0.1, 0.15) is 30.0 Å². The lowest BCUT2D eigenvalue weighted by Gasteiger charge is -2.07. The largest absolute Gasteiger partial charge is 0.481 e. The first-order chi connectivity index (χ1) is 10.5. The molecule has 2 heteroatoms. The molecule has 1 N–H and O–H groups in total. The van der Waals surface area contributed by atoms with E-state index in [1.807, 2.05) is 30.4 Å². The van der Waals surface area contributed by atoms with Crippen molar-refractivity contribution in [3.63, 3.8) is 0 Å². The molecule has 0 saturated carbocycles. The Labute approximate surface area is 132 Å². The molecule has 22 heavy (non-hydrogen) atoms. The third-order valence-corrected chi connectivity index (χ3v) is 3.04. The predicted octanol–water partition coefficient (Wildman–Crippen LogP) is 5.18. The van der Waals surface area contributed by atoms with Crippen LogP contribution in [0.5, 0.6) is 0 Å². The Bertz CT molecular complexity index is 644. The molecule has 1 rings (SSSR count). The number of benzene rings is 1. The number of aryl methyl sites for hydroxylation is 1. The fourth-order valence-electron chi connectivity index (χ4n) is 1.95. The normalized spacial score (nSPS) is 12.5. The first-order valence-corrected chi connectivity index (χ1v) is 7.16. The van der Waals surface area contributed by atoms with E-state index in [4.69, 9.17) is 5.11 Å². The van der Waals surface area contributed by atoms with Crippen LogP contribution in [0.15, 0.2) is 67.3 Å². The number of allylic oxidation sites excluding steroid dienone is 7. The summed E-state index contributed by atoms with van der Waals surface area (Å²) in [5.74, 6) is -0.824. The van der Waals surface area contributed by atoms with Gasteiger partial charge in [0.05, 0.1) is 6.42 Å². The third kappa shape index (κ3) is 6.23. The molecule has 0 saturated heterocycles. The molecule has 0 spiro atoms. The van der Waals surface area contributed by atoms with E-state index in [1.54, 1.807) is 18.2 Å². The van der Waals surface area contributed by atoms with Crippen molar-refractivity contribution in [1.29, 1.82) is 0 Å². The molecular formula is C20H22O2. The molecule has 0 atom stereocenters. The van der Waals surface area contributed by atoms with Crippen molar-refractivity contribution in [2.24, 2.45) is 0 Å². The molecule has 0 fully saturated rings. The van der Waals surface area contributed by atoms with Crippen molar-refractivity contribution >= 4 is 17.6 Å². The summed E-state index contributed by atoms with van der Waals surface area (Å²) in [6.07, 6.45) is 14.9. The smallest absolute Gasteiger partial charge is 0.307 e. The van der Waals surface area contributed by atoms with E-state index in [0.717, 1.165) is 11.1 Å². The summed E-state index contributed by atoms with van der Waals surface area (Å²) < 4.78 is 0. The fraction of sp³-hybridized carbons (Fsp3) is 0.150. The summed E-state index contributed by atoms with van der Waals surface area (Å²) in [4.78, 5) is 10.4. The van der Waals surface area contributed by atoms with E-state index in [0.29, 0.717) is 0 Å². The predicted molar refractivity (Wildman–Crippen MR) is 94.6 cm³/mol. The molecule has 0 aliphatic rings. The Hall–Kier alpha value is -2.61. The molecule has 114 valence electrons. The van der Waals surface area contributed by atoms with Crippen LogP contribution in [0, 0.1) is 6.92 Å². The first-order valence-electron chi connectivity index (χ1n) is 7.16. The van der Waals surface area contributed by atoms with Gasteiger partial charge < -0.3 is 5.11 Å². The molecule has 0 aliphatic carbocycles. The summed E-state index contributed by atoms with van der Waals surface area (Å²) >= 11 is 0. The van der Waals surface area contributed by atoms with Gasteiger partial charge in [-0.3, -0.25) is 4.79 Å². The SMILES string of the molecule is C=CC=Cc1cc(C)ccc1C(C)=CC=CC=CCC(=O)O. The van der Waals surface area contributed by atoms with Gasteiger partial charge in [-0.1, -0.05) is 78.9 Å². The highest BCUT2D eigenvalue weighted by atomic mass is 16.4. The second-order valence-electron chi connectivity index (χ2n) is 4.95. The Morgan fingerprint density at radius 1 is 1.23 bits per heavy atom. The van der Waals surface area contributed by atoms with E-state index in [-0.39, 0.29) is 6.42 Å². The molecule has 1 aromatic carbocycles. The number of rotatable bonds is 7. The molecular weight excluding hydrogens is 272 g/mol. The number of aliphatic carboxylic acids is 1. The van der Waals surface area contributed by atoms with Crippen LogP contribution in [0.2, 0.25) is 0 Å². The molecule has 0 aromatic heterocycles. The molecule has 2 nitrogen and oxygen atoms in total. The van der Waals surface area contributed by atoms with Gasteiger partial charge in [0, 0.05) is 0 Å². The van der Waals surface area contributed by atoms with Gasteiger partial charge in [0.15, 0.2) is 0 Å². The summed E-state index contributed by atoms with van der Waals surface area (Å²) in [5.41, 5.74) is 4.69. The Kier molecular flexibility index (Phi) is 7.41. The van der Waals surface area contributed by atoms with Gasteiger partial charge in [0.25, 0.3) is 0 Å². The molecule has 0 heterocycles. The zero-order chi connectivity index (χ0) is 16.4. The van der Waals surface area contributed by atoms with Gasteiger partial charge in [0.2, 0.25) is 0 Å². The number of carbonyl (C=O) groups is 1. The van der Waals surface area contributed by atoms with E-state index in [2.05, 4.69) is 38.6 Å². The van der Waals surface area contributed by atoms with Gasteiger partial charge in [-0.25, -0.2) is 0 Å². The van der Waals surface area contributed by atoms with Crippen molar-refractivity contribution in [3.05, 3.63) is 84.0 Å². The van der Waals surface area contributed by atoms with Crippen LogP contribution < -0.4 is 0 Å². The molecule has 0 aliphatic heterocycles. The lowest BCUT2D eigenvalue weighted by molar-refractivity contribution is -0.136. The molecule has 0 bridgehead atoms. The lowest BCUT2D eigenvalue weighted by Crippen LogP contribution is -1.89. The molecule has 0 amide bonds. The van der Waals surface area contributed by atoms with E-state index in [1.165, 1.54) is 11.1 Å². The van der Waals surface area contributed by atoms with E-state index >= 15 is 0 Å². The molecule has 0 radical (unpaired) electrons. The maximum Gasteiger partial charge on any atom is 0.307 e. The van der Waals surface area contributed by atoms with Gasteiger partial charge in [-0.2, -0.15) is 0 Å². The minimum atomic E-state index is -0.824. The Morgan fingerprint density at radius 3 is 2.68 bits per heavy atom. The fourth-order valence-corrected chi connectivity index (χ4v) is 1.95. The standard InChI is InChI=1S/C20H22O2/c1-4-5-11-18-15-16(2)13-14-19(18)17(3)10-8-6-7-9-12-20(21)22/h4-11,13-15H,1,12H2,2-3H3,(H,21,22). The van der Waals surface area contributed by atoms with Crippen LogP contribution in [0.3, 0.4) is 0 Å². The second kappa shape index (κ2) is 9.35. The van der Waals surface area contributed by atoms with Crippen LogP contribution >= 0.6 is 0 Å². The maximum atomic E-state index is 10.4. The quantitative estimate of drug-likeness (QED) is 0.703. The van der Waals surface area contributed by atoms with Gasteiger partial charge >= 0.3 is 5.97 Å². The van der Waals surface area contributed by atoms with Crippen molar-refractivity contribution in [3.8, 4) is 0 Å². The zero-order valence-corrected chi connectivity index (χ0v) is 13.1. The van der Waals surface area contributed by atoms with Crippen LogP contribution in [-0.4, -0.2) is 11.1 Å². The monoisotopic (exact) mass is 294 g/mol. The minimum Gasteiger partial charge on any atom is -0.481 e. The lowest BCUT2D eigenvalue weighted by atomic mass is 9.98. The summed E-state index contributed by atoms with van der Waals surface area (Å²) in [7, 11) is 0. The second-order valence-corrected chi connectivity index (χ2v) is 4.95. The Balaban J connectivity index is 2.90. The first kappa shape index (κ1) is 17.4. The number of hydrogen-bond donors (Lipinski definition) is 1. The van der Waals surface area contributed by atoms with Crippen LogP contribution in [0.25, 0.3) is 11.6 Å². The van der Waals surface area contributed by atoms with Gasteiger partial charge in [0.1, 0.15) is 0 Å². The van der Waals surface area contributed by atoms with Crippen LogP contribution in [-0.2, 0) is 4.79 Å². The molecule has 0 unspecified atom stereocenters. The van der Waals surface area contributed by atoms with E-state index < -0.39 is 5.97 Å². The summed E-state index contributed by atoms with van der Waals surface area (Å²) in [6.45, 7) is 7.83. The number of carboxylic acids is 1. The highest BCUT2D eigenvalue weighted by Gasteiger charge is 2.01. The van der Waals surface area contributed by atoms with Gasteiger partial charge in [-0.15, -0.1) is 0 Å². The number of hydrogen-bond acceptors (Lipinski definition) is 1.